The second-order valence-electron chi connectivity index (χ2n) is 6.77. The van der Waals surface area contributed by atoms with Crippen molar-refractivity contribution in [3.05, 3.63) is 24.3 Å². The van der Waals surface area contributed by atoms with Crippen LogP contribution in [0.4, 0.5) is 5.13 Å². The van der Waals surface area contributed by atoms with Gasteiger partial charge in [-0.05, 0) is 30.7 Å². The summed E-state index contributed by atoms with van der Waals surface area (Å²) in [5, 5.41) is 12.1. The van der Waals surface area contributed by atoms with Crippen LogP contribution in [-0.2, 0) is 9.59 Å². The summed E-state index contributed by atoms with van der Waals surface area (Å²) in [6.07, 6.45) is 2.17. The molecule has 1 aromatic carbocycles. The quantitative estimate of drug-likeness (QED) is 0.651. The number of amides is 2. The van der Waals surface area contributed by atoms with Crippen LogP contribution in [0.15, 0.2) is 24.3 Å². The van der Waals surface area contributed by atoms with Gasteiger partial charge >= 0.3 is 0 Å². The zero-order valence-corrected chi connectivity index (χ0v) is 17.7. The van der Waals surface area contributed by atoms with Gasteiger partial charge in [-0.25, -0.2) is 0 Å². The Balaban J connectivity index is 1.91. The molecule has 0 aliphatic heterocycles. The van der Waals surface area contributed by atoms with Gasteiger partial charge < -0.3 is 15.0 Å². The number of anilines is 1. The summed E-state index contributed by atoms with van der Waals surface area (Å²) in [5.41, 5.74) is 0.909. The summed E-state index contributed by atoms with van der Waals surface area (Å²) in [7, 11) is 1.62. The summed E-state index contributed by atoms with van der Waals surface area (Å²) in [4.78, 5) is 26.4. The number of hydrogen-bond acceptors (Lipinski definition) is 6. The first-order valence-electron chi connectivity index (χ1n) is 9.51. The number of unbranched alkanes of at least 4 members (excludes halogenated alkanes) is 1. The minimum absolute atomic E-state index is 0.0739. The summed E-state index contributed by atoms with van der Waals surface area (Å²) >= 11 is 1.31. The molecule has 28 heavy (non-hydrogen) atoms. The van der Waals surface area contributed by atoms with Gasteiger partial charge in [-0.15, -0.1) is 10.2 Å². The Morgan fingerprint density at radius 1 is 1.18 bits per heavy atom. The Kier molecular flexibility index (Phi) is 8.38. The SMILES string of the molecule is CCCCN(CCC(=O)Nc1nnc(-c2ccc(OC)cc2)s1)C(=O)C(C)C. The molecule has 0 saturated heterocycles. The van der Waals surface area contributed by atoms with Crippen LogP contribution in [0.2, 0.25) is 0 Å². The molecule has 0 fully saturated rings. The van der Waals surface area contributed by atoms with Crippen molar-refractivity contribution in [3.63, 3.8) is 0 Å². The third kappa shape index (κ3) is 6.30. The van der Waals surface area contributed by atoms with Gasteiger partial charge in [-0.2, -0.15) is 0 Å². The first-order chi connectivity index (χ1) is 13.4. The molecule has 2 amide bonds. The van der Waals surface area contributed by atoms with Gasteiger partial charge in [0.15, 0.2) is 0 Å². The van der Waals surface area contributed by atoms with Crippen LogP contribution in [0.25, 0.3) is 10.6 Å². The zero-order chi connectivity index (χ0) is 20.5. The number of methoxy groups -OCH3 is 1. The van der Waals surface area contributed by atoms with E-state index >= 15 is 0 Å². The summed E-state index contributed by atoms with van der Waals surface area (Å²) < 4.78 is 5.15. The number of aromatic nitrogens is 2. The maximum Gasteiger partial charge on any atom is 0.227 e. The van der Waals surface area contributed by atoms with Crippen molar-refractivity contribution >= 4 is 28.3 Å². The Morgan fingerprint density at radius 3 is 2.50 bits per heavy atom. The van der Waals surface area contributed by atoms with Crippen LogP contribution in [0.1, 0.15) is 40.0 Å². The van der Waals surface area contributed by atoms with Crippen LogP contribution < -0.4 is 10.1 Å². The van der Waals surface area contributed by atoms with Crippen LogP contribution in [-0.4, -0.2) is 47.1 Å². The predicted octanol–water partition coefficient (Wildman–Crippen LogP) is 3.83. The van der Waals surface area contributed by atoms with Gasteiger partial charge in [0, 0.05) is 31.0 Å². The van der Waals surface area contributed by atoms with E-state index in [0.29, 0.717) is 18.2 Å². The molecule has 8 heteroatoms. The number of hydrogen-bond donors (Lipinski definition) is 1. The maximum absolute atomic E-state index is 12.3. The lowest BCUT2D eigenvalue weighted by Crippen LogP contribution is -2.37. The lowest BCUT2D eigenvalue weighted by atomic mass is 10.1. The molecule has 0 bridgehead atoms. The van der Waals surface area contributed by atoms with E-state index in [1.54, 1.807) is 12.0 Å². The average Bonchev–Trinajstić information content (AvgIpc) is 3.16. The van der Waals surface area contributed by atoms with Gasteiger partial charge in [0.25, 0.3) is 0 Å². The van der Waals surface area contributed by atoms with E-state index in [-0.39, 0.29) is 24.2 Å². The molecule has 2 rings (SSSR count). The second kappa shape index (κ2) is 10.8. The number of benzene rings is 1. The molecule has 1 N–H and O–H groups in total. The molecule has 7 nitrogen and oxygen atoms in total. The van der Waals surface area contributed by atoms with Gasteiger partial charge in [0.1, 0.15) is 10.8 Å². The largest absolute Gasteiger partial charge is 0.497 e. The third-order valence-electron chi connectivity index (χ3n) is 4.20. The highest BCUT2D eigenvalue weighted by molar-refractivity contribution is 7.18. The molecule has 0 spiro atoms. The Morgan fingerprint density at radius 2 is 1.89 bits per heavy atom. The number of ether oxygens (including phenoxy) is 1. The molecule has 0 atom stereocenters. The summed E-state index contributed by atoms with van der Waals surface area (Å²) in [6, 6.07) is 7.50. The minimum Gasteiger partial charge on any atom is -0.497 e. The highest BCUT2D eigenvalue weighted by Crippen LogP contribution is 2.27. The van der Waals surface area contributed by atoms with E-state index in [2.05, 4.69) is 22.4 Å². The number of carbonyl (C=O) groups is 2. The van der Waals surface area contributed by atoms with Crippen LogP contribution in [0.3, 0.4) is 0 Å². The zero-order valence-electron chi connectivity index (χ0n) is 16.9. The molecule has 1 heterocycles. The van der Waals surface area contributed by atoms with E-state index in [1.165, 1.54) is 11.3 Å². The van der Waals surface area contributed by atoms with E-state index in [4.69, 9.17) is 4.74 Å². The van der Waals surface area contributed by atoms with Crippen molar-refractivity contribution in [3.8, 4) is 16.3 Å². The molecule has 152 valence electrons. The molecule has 0 aliphatic carbocycles. The topological polar surface area (TPSA) is 84.4 Å². The van der Waals surface area contributed by atoms with Crippen molar-refractivity contribution in [1.29, 1.82) is 0 Å². The molecule has 0 radical (unpaired) electrons. The normalized spacial score (nSPS) is 10.8. The summed E-state index contributed by atoms with van der Waals surface area (Å²) in [5.74, 6) is 0.606. The highest BCUT2D eigenvalue weighted by Gasteiger charge is 2.18. The van der Waals surface area contributed by atoms with Gasteiger partial charge in [0.05, 0.1) is 7.11 Å². The Bertz CT molecular complexity index is 774. The first kappa shape index (κ1) is 21.8. The molecule has 0 saturated carbocycles. The fourth-order valence-corrected chi connectivity index (χ4v) is 3.35. The minimum atomic E-state index is -0.171. The van der Waals surface area contributed by atoms with Gasteiger partial charge in [-0.3, -0.25) is 9.59 Å². The average molecular weight is 405 g/mol. The van der Waals surface area contributed by atoms with Crippen molar-refractivity contribution < 1.29 is 14.3 Å². The third-order valence-corrected chi connectivity index (χ3v) is 5.09. The number of nitrogens with one attached hydrogen (secondary N) is 1. The number of carbonyl (C=O) groups excluding carboxylic acids is 2. The van der Waals surface area contributed by atoms with E-state index in [1.807, 2.05) is 38.1 Å². The van der Waals surface area contributed by atoms with Crippen molar-refractivity contribution in [2.75, 3.05) is 25.5 Å². The van der Waals surface area contributed by atoms with Crippen LogP contribution in [0.5, 0.6) is 5.75 Å². The fraction of sp³-hybridized carbons (Fsp3) is 0.500. The van der Waals surface area contributed by atoms with E-state index in [0.717, 1.165) is 29.2 Å². The molecule has 0 unspecified atom stereocenters. The van der Waals surface area contributed by atoms with Crippen molar-refractivity contribution in [1.82, 2.24) is 15.1 Å². The molecule has 1 aromatic heterocycles. The molecular weight excluding hydrogens is 376 g/mol. The second-order valence-corrected chi connectivity index (χ2v) is 7.75. The Labute approximate surface area is 170 Å². The van der Waals surface area contributed by atoms with Crippen molar-refractivity contribution in [2.45, 2.75) is 40.0 Å². The number of rotatable bonds is 10. The number of nitrogens with zero attached hydrogens (tertiary/aromatic N) is 3. The van der Waals surface area contributed by atoms with Crippen LogP contribution >= 0.6 is 11.3 Å². The molecule has 0 aliphatic rings. The lowest BCUT2D eigenvalue weighted by molar-refractivity contribution is -0.134. The van der Waals surface area contributed by atoms with Crippen molar-refractivity contribution in [2.24, 2.45) is 5.92 Å². The van der Waals surface area contributed by atoms with E-state index < -0.39 is 0 Å². The smallest absolute Gasteiger partial charge is 0.227 e. The Hall–Kier alpha value is -2.48. The summed E-state index contributed by atoms with van der Waals surface area (Å²) in [6.45, 7) is 6.93. The lowest BCUT2D eigenvalue weighted by Gasteiger charge is -2.24. The standard InChI is InChI=1S/C20H28N4O3S/c1-5-6-12-24(19(26)14(2)3)13-11-17(25)21-20-23-22-18(28-20)15-7-9-16(27-4)10-8-15/h7-10,14H,5-6,11-13H2,1-4H3,(H,21,23,25). The molecular formula is C20H28N4O3S. The predicted molar refractivity (Wildman–Crippen MR) is 111 cm³/mol. The van der Waals surface area contributed by atoms with Crippen LogP contribution in [0, 0.1) is 5.92 Å². The van der Waals surface area contributed by atoms with Gasteiger partial charge in [-0.1, -0.05) is 38.5 Å². The van der Waals surface area contributed by atoms with E-state index in [9.17, 15) is 9.59 Å². The van der Waals surface area contributed by atoms with Gasteiger partial charge in [0.2, 0.25) is 16.9 Å². The highest BCUT2D eigenvalue weighted by atomic mass is 32.1. The molecule has 2 aromatic rings. The monoisotopic (exact) mass is 404 g/mol. The first-order valence-corrected chi connectivity index (χ1v) is 10.3. The maximum atomic E-state index is 12.3. The fourth-order valence-electron chi connectivity index (χ4n) is 2.59.